The fraction of sp³-hybridized carbons (Fsp3) is 0.259. The summed E-state index contributed by atoms with van der Waals surface area (Å²) in [6, 6.07) is 19.5. The Morgan fingerprint density at radius 1 is 1.00 bits per heavy atom. The summed E-state index contributed by atoms with van der Waals surface area (Å²) in [6.07, 6.45) is 10.6. The van der Waals surface area contributed by atoms with Crippen LogP contribution >= 0.6 is 0 Å². The summed E-state index contributed by atoms with van der Waals surface area (Å²) in [6.45, 7) is 5.52. The molecule has 31 heavy (non-hydrogen) atoms. The highest BCUT2D eigenvalue weighted by Gasteiger charge is 2.18. The minimum Gasteiger partial charge on any atom is -0.310 e. The number of nitrogens with zero attached hydrogens (tertiary/aromatic N) is 3. The van der Waals surface area contributed by atoms with Crippen molar-refractivity contribution in [2.45, 2.75) is 32.7 Å². The van der Waals surface area contributed by atoms with Crippen molar-refractivity contribution < 1.29 is 0 Å². The lowest BCUT2D eigenvalue weighted by Gasteiger charge is -2.26. The number of fused-ring (bicyclic) bond motifs is 1. The van der Waals surface area contributed by atoms with Crippen molar-refractivity contribution in [3.63, 3.8) is 0 Å². The third-order valence-electron chi connectivity index (χ3n) is 5.99. The van der Waals surface area contributed by atoms with Crippen LogP contribution in [0.3, 0.4) is 0 Å². The molecule has 3 aromatic heterocycles. The number of pyridine rings is 2. The summed E-state index contributed by atoms with van der Waals surface area (Å²) >= 11 is 0. The van der Waals surface area contributed by atoms with Crippen molar-refractivity contribution in [2.24, 2.45) is 5.92 Å². The van der Waals surface area contributed by atoms with E-state index >= 15 is 0 Å². The molecule has 0 amide bonds. The maximum absolute atomic E-state index is 4.72. The SMILES string of the molecule is CC(C)CC1CC(c2ccn3c(-c4ccnc(-c5ccccc5)c4)cnc3c2)=CCN1. The zero-order chi connectivity index (χ0) is 21.2. The van der Waals surface area contributed by atoms with Crippen molar-refractivity contribution in [2.75, 3.05) is 6.54 Å². The number of imidazole rings is 1. The number of hydrogen-bond donors (Lipinski definition) is 1. The van der Waals surface area contributed by atoms with Crippen LogP contribution in [0.1, 0.15) is 32.3 Å². The second-order valence-corrected chi connectivity index (χ2v) is 8.75. The Bertz CT molecular complexity index is 1220. The van der Waals surface area contributed by atoms with Crippen LogP contribution in [0, 0.1) is 5.92 Å². The third-order valence-corrected chi connectivity index (χ3v) is 5.99. The molecule has 1 atom stereocenters. The van der Waals surface area contributed by atoms with Gasteiger partial charge in [0, 0.05) is 36.1 Å². The molecule has 1 unspecified atom stereocenters. The molecule has 156 valence electrons. The summed E-state index contributed by atoms with van der Waals surface area (Å²) < 4.78 is 2.17. The Labute approximate surface area is 183 Å². The van der Waals surface area contributed by atoms with Crippen LogP contribution in [0.4, 0.5) is 0 Å². The van der Waals surface area contributed by atoms with Gasteiger partial charge in [-0.3, -0.25) is 9.38 Å². The van der Waals surface area contributed by atoms with Gasteiger partial charge >= 0.3 is 0 Å². The average Bonchev–Trinajstić information content (AvgIpc) is 3.23. The molecule has 4 nitrogen and oxygen atoms in total. The van der Waals surface area contributed by atoms with Gasteiger partial charge in [-0.05, 0) is 54.2 Å². The molecule has 0 radical (unpaired) electrons. The minimum absolute atomic E-state index is 0.555. The lowest BCUT2D eigenvalue weighted by atomic mass is 9.91. The van der Waals surface area contributed by atoms with Crippen molar-refractivity contribution in [1.82, 2.24) is 19.7 Å². The number of aromatic nitrogens is 3. The monoisotopic (exact) mass is 408 g/mol. The third kappa shape index (κ3) is 4.17. The van der Waals surface area contributed by atoms with Gasteiger partial charge in [0.1, 0.15) is 5.65 Å². The molecule has 4 heteroatoms. The molecular formula is C27H28N4. The van der Waals surface area contributed by atoms with Crippen LogP contribution in [0.5, 0.6) is 0 Å². The maximum Gasteiger partial charge on any atom is 0.137 e. The van der Waals surface area contributed by atoms with E-state index in [0.717, 1.165) is 41.1 Å². The molecule has 0 spiro atoms. The van der Waals surface area contributed by atoms with Gasteiger partial charge < -0.3 is 5.32 Å². The Balaban J connectivity index is 1.45. The predicted octanol–water partition coefficient (Wildman–Crippen LogP) is 5.85. The van der Waals surface area contributed by atoms with Gasteiger partial charge in [-0.15, -0.1) is 0 Å². The molecule has 4 heterocycles. The van der Waals surface area contributed by atoms with Gasteiger partial charge in [-0.2, -0.15) is 0 Å². The van der Waals surface area contributed by atoms with Gasteiger partial charge in [0.2, 0.25) is 0 Å². The lowest BCUT2D eigenvalue weighted by Crippen LogP contribution is -2.33. The number of hydrogen-bond acceptors (Lipinski definition) is 3. The second kappa shape index (κ2) is 8.48. The highest BCUT2D eigenvalue weighted by Crippen LogP contribution is 2.29. The molecule has 4 aromatic rings. The van der Waals surface area contributed by atoms with Crippen molar-refractivity contribution in [3.05, 3.63) is 84.8 Å². The molecule has 0 saturated heterocycles. The summed E-state index contributed by atoms with van der Waals surface area (Å²) in [7, 11) is 0. The van der Waals surface area contributed by atoms with E-state index in [0.29, 0.717) is 12.0 Å². The second-order valence-electron chi connectivity index (χ2n) is 8.75. The Morgan fingerprint density at radius 2 is 1.87 bits per heavy atom. The molecule has 0 saturated carbocycles. The largest absolute Gasteiger partial charge is 0.310 e. The van der Waals surface area contributed by atoms with E-state index in [1.165, 1.54) is 17.6 Å². The van der Waals surface area contributed by atoms with Crippen LogP contribution in [-0.2, 0) is 0 Å². The molecule has 5 rings (SSSR count). The maximum atomic E-state index is 4.72. The predicted molar refractivity (Wildman–Crippen MR) is 128 cm³/mol. The summed E-state index contributed by atoms with van der Waals surface area (Å²) in [5, 5.41) is 3.63. The number of nitrogens with one attached hydrogen (secondary N) is 1. The van der Waals surface area contributed by atoms with Crippen LogP contribution in [-0.4, -0.2) is 27.0 Å². The van der Waals surface area contributed by atoms with Crippen molar-refractivity contribution in [3.8, 4) is 22.5 Å². The lowest BCUT2D eigenvalue weighted by molar-refractivity contribution is 0.430. The highest BCUT2D eigenvalue weighted by atomic mass is 15.0. The normalized spacial score (nSPS) is 16.6. The molecule has 1 aromatic carbocycles. The first kappa shape index (κ1) is 19.7. The fourth-order valence-electron chi connectivity index (χ4n) is 4.49. The molecule has 0 fully saturated rings. The zero-order valence-corrected chi connectivity index (χ0v) is 18.1. The zero-order valence-electron chi connectivity index (χ0n) is 18.1. The quantitative estimate of drug-likeness (QED) is 0.450. The topological polar surface area (TPSA) is 42.2 Å². The van der Waals surface area contributed by atoms with Crippen LogP contribution in [0.2, 0.25) is 0 Å². The van der Waals surface area contributed by atoms with Gasteiger partial charge in [-0.1, -0.05) is 50.3 Å². The van der Waals surface area contributed by atoms with Gasteiger partial charge in [0.05, 0.1) is 17.6 Å². The first-order valence-corrected chi connectivity index (χ1v) is 11.1. The van der Waals surface area contributed by atoms with Crippen LogP contribution < -0.4 is 5.32 Å². The van der Waals surface area contributed by atoms with Crippen molar-refractivity contribution in [1.29, 1.82) is 0 Å². The summed E-state index contributed by atoms with van der Waals surface area (Å²) in [4.78, 5) is 9.28. The first-order chi connectivity index (χ1) is 15.2. The Kier molecular flexibility index (Phi) is 5.39. The highest BCUT2D eigenvalue weighted by molar-refractivity contribution is 5.73. The standard InChI is InChI=1S/C27H28N4/c1-19(2)14-24-15-21(8-11-28-24)22-10-13-31-26(18-30-27(31)17-22)23-9-12-29-25(16-23)20-6-4-3-5-7-20/h3-10,12-13,16-19,24,28H,11,14-15H2,1-2H3. The molecule has 0 bridgehead atoms. The minimum atomic E-state index is 0.555. The molecule has 1 aliphatic heterocycles. The van der Waals surface area contributed by atoms with Crippen LogP contribution in [0.25, 0.3) is 33.7 Å². The Morgan fingerprint density at radius 3 is 2.71 bits per heavy atom. The number of benzene rings is 1. The van der Waals surface area contributed by atoms with Gasteiger partial charge in [0.15, 0.2) is 0 Å². The summed E-state index contributed by atoms with van der Waals surface area (Å²) in [5.41, 5.74) is 7.97. The smallest absolute Gasteiger partial charge is 0.137 e. The van der Waals surface area contributed by atoms with E-state index in [4.69, 9.17) is 4.98 Å². The van der Waals surface area contributed by atoms with Crippen molar-refractivity contribution >= 4 is 11.2 Å². The van der Waals surface area contributed by atoms with Crippen LogP contribution in [0.15, 0.2) is 79.3 Å². The molecule has 1 aliphatic rings. The molecule has 1 N–H and O–H groups in total. The average molecular weight is 409 g/mol. The van der Waals surface area contributed by atoms with Gasteiger partial charge in [-0.25, -0.2) is 4.98 Å². The van der Waals surface area contributed by atoms with E-state index in [1.807, 2.05) is 30.6 Å². The van der Waals surface area contributed by atoms with E-state index in [2.05, 4.69) is 77.2 Å². The van der Waals surface area contributed by atoms with E-state index in [1.54, 1.807) is 0 Å². The molecule has 0 aliphatic carbocycles. The van der Waals surface area contributed by atoms with E-state index in [9.17, 15) is 0 Å². The number of rotatable bonds is 5. The fourth-order valence-corrected chi connectivity index (χ4v) is 4.49. The van der Waals surface area contributed by atoms with E-state index < -0.39 is 0 Å². The first-order valence-electron chi connectivity index (χ1n) is 11.1. The summed E-state index contributed by atoms with van der Waals surface area (Å²) in [5.74, 6) is 0.704. The van der Waals surface area contributed by atoms with E-state index in [-0.39, 0.29) is 0 Å². The van der Waals surface area contributed by atoms with Gasteiger partial charge in [0.25, 0.3) is 0 Å². The Hall–Kier alpha value is -3.24. The molecular weight excluding hydrogens is 380 g/mol.